The molecule has 0 radical (unpaired) electrons. The summed E-state index contributed by atoms with van der Waals surface area (Å²) in [5, 5.41) is 9.86. The van der Waals surface area contributed by atoms with Gasteiger partial charge in [0.05, 0.1) is 0 Å². The fourth-order valence-corrected chi connectivity index (χ4v) is 4.25. The van der Waals surface area contributed by atoms with Crippen molar-refractivity contribution in [2.24, 2.45) is 10.9 Å². The van der Waals surface area contributed by atoms with E-state index < -0.39 is 0 Å². The Balaban J connectivity index is 1.31. The normalized spacial score (nSPS) is 20.8. The van der Waals surface area contributed by atoms with Crippen molar-refractivity contribution in [2.45, 2.75) is 51.0 Å². The number of para-hydroxylation sites is 1. The van der Waals surface area contributed by atoms with Gasteiger partial charge in [0.15, 0.2) is 5.96 Å². The molecule has 1 amide bonds. The van der Waals surface area contributed by atoms with E-state index in [9.17, 15) is 4.79 Å². The number of anilines is 1. The molecule has 1 aromatic rings. The maximum absolute atomic E-state index is 12.1. The second-order valence-corrected chi connectivity index (χ2v) is 7.97. The number of nitrogens with one attached hydrogen (secondary N) is 3. The summed E-state index contributed by atoms with van der Waals surface area (Å²) < 4.78 is 0. The van der Waals surface area contributed by atoms with Crippen LogP contribution >= 0.6 is 0 Å². The summed E-state index contributed by atoms with van der Waals surface area (Å²) in [4.78, 5) is 18.8. The number of carbonyl (C=O) groups excluding carboxylic acids is 1. The van der Waals surface area contributed by atoms with E-state index in [1.165, 1.54) is 37.8 Å². The Morgan fingerprint density at radius 1 is 1.07 bits per heavy atom. The summed E-state index contributed by atoms with van der Waals surface area (Å²) in [5.41, 5.74) is 1.27. The number of hydrogen-bond acceptors (Lipinski definition) is 3. The van der Waals surface area contributed by atoms with Crippen LogP contribution in [-0.4, -0.2) is 51.1 Å². The molecule has 1 heterocycles. The predicted octanol–water partition coefficient (Wildman–Crippen LogP) is 2.52. The number of nitrogens with zero attached hydrogens (tertiary/aromatic N) is 2. The van der Waals surface area contributed by atoms with Crippen LogP contribution in [0.15, 0.2) is 35.3 Å². The van der Waals surface area contributed by atoms with Crippen molar-refractivity contribution in [3.8, 4) is 0 Å². The summed E-state index contributed by atoms with van der Waals surface area (Å²) in [6.07, 6.45) is 8.10. The lowest BCUT2D eigenvalue weighted by Crippen LogP contribution is -2.46. The molecule has 1 unspecified atom stereocenters. The average molecular weight is 386 g/mol. The molecule has 0 spiro atoms. The molecule has 1 aliphatic heterocycles. The average Bonchev–Trinajstić information content (AvgIpc) is 3.20. The van der Waals surface area contributed by atoms with Crippen LogP contribution in [0.4, 0.5) is 5.69 Å². The second-order valence-electron chi connectivity index (χ2n) is 7.97. The Kier molecular flexibility index (Phi) is 8.00. The van der Waals surface area contributed by atoms with Gasteiger partial charge < -0.3 is 20.9 Å². The first kappa shape index (κ1) is 20.5. The highest BCUT2D eigenvalue weighted by atomic mass is 16.1. The molecule has 3 N–H and O–H groups in total. The van der Waals surface area contributed by atoms with Crippen molar-refractivity contribution in [1.29, 1.82) is 0 Å². The summed E-state index contributed by atoms with van der Waals surface area (Å²) in [6.45, 7) is 3.34. The van der Waals surface area contributed by atoms with Crippen LogP contribution in [0.5, 0.6) is 0 Å². The Bertz CT molecular complexity index is 627. The Hall–Kier alpha value is -2.24. The van der Waals surface area contributed by atoms with Gasteiger partial charge in [-0.2, -0.15) is 0 Å². The van der Waals surface area contributed by atoms with Crippen LogP contribution in [0.3, 0.4) is 0 Å². The van der Waals surface area contributed by atoms with Gasteiger partial charge in [0.25, 0.3) is 0 Å². The summed E-state index contributed by atoms with van der Waals surface area (Å²) in [7, 11) is 1.79. The third kappa shape index (κ3) is 6.43. The van der Waals surface area contributed by atoms with Gasteiger partial charge in [-0.3, -0.25) is 9.79 Å². The van der Waals surface area contributed by atoms with Gasteiger partial charge >= 0.3 is 0 Å². The Morgan fingerprint density at radius 3 is 2.57 bits per heavy atom. The van der Waals surface area contributed by atoms with Crippen LogP contribution in [0, 0.1) is 5.92 Å². The zero-order chi connectivity index (χ0) is 19.6. The number of guanidine groups is 1. The number of aliphatic imine (C=N–C) groups is 1. The number of rotatable bonds is 7. The second kappa shape index (κ2) is 10.9. The smallest absolute Gasteiger partial charge is 0.220 e. The third-order valence-electron chi connectivity index (χ3n) is 5.81. The van der Waals surface area contributed by atoms with Crippen LogP contribution < -0.4 is 20.9 Å². The first-order valence-electron chi connectivity index (χ1n) is 10.8. The molecule has 1 saturated heterocycles. The topological polar surface area (TPSA) is 68.8 Å². The fraction of sp³-hybridized carbons (Fsp3) is 0.636. The van der Waals surface area contributed by atoms with Gasteiger partial charge in [-0.05, 0) is 37.3 Å². The molecule has 6 heteroatoms. The van der Waals surface area contributed by atoms with Crippen molar-refractivity contribution in [3.05, 3.63) is 30.3 Å². The highest BCUT2D eigenvalue weighted by Gasteiger charge is 2.23. The van der Waals surface area contributed by atoms with E-state index in [-0.39, 0.29) is 5.91 Å². The highest BCUT2D eigenvalue weighted by Crippen LogP contribution is 2.26. The molecular weight excluding hydrogens is 350 g/mol. The van der Waals surface area contributed by atoms with E-state index in [1.54, 1.807) is 7.05 Å². The quantitative estimate of drug-likeness (QED) is 0.383. The molecule has 0 bridgehead atoms. The maximum atomic E-state index is 12.1. The van der Waals surface area contributed by atoms with Gasteiger partial charge in [-0.15, -0.1) is 0 Å². The van der Waals surface area contributed by atoms with E-state index in [2.05, 4.69) is 56.2 Å². The van der Waals surface area contributed by atoms with Crippen molar-refractivity contribution in [3.63, 3.8) is 0 Å². The monoisotopic (exact) mass is 385 g/mol. The molecule has 2 aliphatic rings. The van der Waals surface area contributed by atoms with E-state index in [1.807, 2.05) is 0 Å². The number of amides is 1. The fourth-order valence-electron chi connectivity index (χ4n) is 4.25. The summed E-state index contributed by atoms with van der Waals surface area (Å²) >= 11 is 0. The molecule has 6 nitrogen and oxygen atoms in total. The van der Waals surface area contributed by atoms with Gasteiger partial charge in [-0.25, -0.2) is 0 Å². The molecule has 154 valence electrons. The van der Waals surface area contributed by atoms with Crippen molar-refractivity contribution >= 4 is 17.6 Å². The molecule has 1 aromatic carbocycles. The molecule has 1 atom stereocenters. The van der Waals surface area contributed by atoms with Gasteiger partial charge in [0.2, 0.25) is 5.91 Å². The summed E-state index contributed by atoms with van der Waals surface area (Å²) in [5.74, 6) is 1.58. The number of hydrogen-bond donors (Lipinski definition) is 3. The molecular formula is C22H35N5O. The third-order valence-corrected chi connectivity index (χ3v) is 5.81. The maximum Gasteiger partial charge on any atom is 0.220 e. The number of carbonyl (C=O) groups is 1. The SMILES string of the molecule is CN=C(NCCNC(=O)CC1CCCCC1)NC1CCN(c2ccccc2)C1. The van der Waals surface area contributed by atoms with Gasteiger partial charge in [0, 0.05) is 51.4 Å². The van der Waals surface area contributed by atoms with E-state index in [0.717, 1.165) is 25.5 Å². The van der Waals surface area contributed by atoms with E-state index in [4.69, 9.17) is 0 Å². The Morgan fingerprint density at radius 2 is 1.82 bits per heavy atom. The Labute approximate surface area is 169 Å². The highest BCUT2D eigenvalue weighted by molar-refractivity contribution is 5.80. The van der Waals surface area contributed by atoms with E-state index >= 15 is 0 Å². The van der Waals surface area contributed by atoms with Crippen LogP contribution in [0.2, 0.25) is 0 Å². The minimum Gasteiger partial charge on any atom is -0.369 e. The molecule has 28 heavy (non-hydrogen) atoms. The largest absolute Gasteiger partial charge is 0.369 e. The predicted molar refractivity (Wildman–Crippen MR) is 116 cm³/mol. The van der Waals surface area contributed by atoms with Gasteiger partial charge in [0.1, 0.15) is 0 Å². The minimum atomic E-state index is 0.186. The molecule has 1 aliphatic carbocycles. The van der Waals surface area contributed by atoms with Crippen LogP contribution in [0.1, 0.15) is 44.9 Å². The van der Waals surface area contributed by atoms with Crippen LogP contribution in [0.25, 0.3) is 0 Å². The number of benzene rings is 1. The first-order chi connectivity index (χ1) is 13.7. The molecule has 1 saturated carbocycles. The lowest BCUT2D eigenvalue weighted by atomic mass is 9.87. The lowest BCUT2D eigenvalue weighted by Gasteiger charge is -2.21. The zero-order valence-electron chi connectivity index (χ0n) is 17.1. The van der Waals surface area contributed by atoms with Crippen molar-refractivity contribution < 1.29 is 4.79 Å². The van der Waals surface area contributed by atoms with Gasteiger partial charge in [-0.1, -0.05) is 37.5 Å². The zero-order valence-corrected chi connectivity index (χ0v) is 17.1. The minimum absolute atomic E-state index is 0.186. The van der Waals surface area contributed by atoms with E-state index in [0.29, 0.717) is 31.5 Å². The lowest BCUT2D eigenvalue weighted by molar-refractivity contribution is -0.122. The van der Waals surface area contributed by atoms with Crippen molar-refractivity contribution in [2.75, 3.05) is 38.1 Å². The molecule has 0 aromatic heterocycles. The first-order valence-corrected chi connectivity index (χ1v) is 10.8. The molecule has 3 rings (SSSR count). The standard InChI is InChI=1S/C22H35N5O/c1-23-22(25-14-13-24-21(28)16-18-8-4-2-5-9-18)26-19-12-15-27(17-19)20-10-6-3-7-11-20/h3,6-7,10-11,18-19H,2,4-5,8-9,12-17H2,1H3,(H,24,28)(H2,23,25,26). The summed E-state index contributed by atoms with van der Waals surface area (Å²) in [6, 6.07) is 10.9. The molecule has 2 fully saturated rings. The van der Waals surface area contributed by atoms with Crippen LogP contribution in [-0.2, 0) is 4.79 Å². The van der Waals surface area contributed by atoms with Crippen molar-refractivity contribution in [1.82, 2.24) is 16.0 Å².